The summed E-state index contributed by atoms with van der Waals surface area (Å²) in [6.45, 7) is 5.53. The number of hydrogen-bond donors (Lipinski definition) is 2. The molecule has 3 heteroatoms. The highest BCUT2D eigenvalue weighted by atomic mass is 32.2. The first-order valence-electron chi connectivity index (χ1n) is 5.57. The Labute approximate surface area is 102 Å². The lowest BCUT2D eigenvalue weighted by molar-refractivity contribution is 0.0573. The Hall–Kier alpha value is -0.510. The van der Waals surface area contributed by atoms with Crippen molar-refractivity contribution in [1.82, 2.24) is 5.32 Å². The van der Waals surface area contributed by atoms with Crippen LogP contribution in [0.25, 0.3) is 0 Å². The number of hydrogen-bond acceptors (Lipinski definition) is 3. The van der Waals surface area contributed by atoms with Gasteiger partial charge in [0.05, 0.1) is 5.60 Å². The molecule has 1 aromatic rings. The summed E-state index contributed by atoms with van der Waals surface area (Å²) in [5.41, 5.74) is 0.165. The van der Waals surface area contributed by atoms with Gasteiger partial charge in [0.2, 0.25) is 0 Å². The minimum Gasteiger partial charge on any atom is -0.384 e. The molecule has 0 spiro atoms. The lowest BCUT2D eigenvalue weighted by Crippen LogP contribution is -2.37. The first kappa shape index (κ1) is 13.6. The normalized spacial score (nSPS) is 16.8. The van der Waals surface area contributed by atoms with E-state index in [4.69, 9.17) is 0 Å². The van der Waals surface area contributed by atoms with Gasteiger partial charge < -0.3 is 10.4 Å². The van der Waals surface area contributed by atoms with Crippen molar-refractivity contribution in [2.75, 3.05) is 19.3 Å². The van der Waals surface area contributed by atoms with E-state index in [1.165, 1.54) is 0 Å². The van der Waals surface area contributed by atoms with Crippen LogP contribution < -0.4 is 5.32 Å². The summed E-state index contributed by atoms with van der Waals surface area (Å²) in [6, 6.07) is 9.78. The molecule has 0 saturated heterocycles. The quantitative estimate of drug-likeness (QED) is 0.798. The molecule has 0 fully saturated rings. The van der Waals surface area contributed by atoms with Crippen LogP contribution in [0.4, 0.5) is 0 Å². The van der Waals surface area contributed by atoms with Crippen LogP contribution in [0, 0.1) is 0 Å². The molecular weight excluding hydrogens is 218 g/mol. The largest absolute Gasteiger partial charge is 0.384 e. The van der Waals surface area contributed by atoms with Crippen molar-refractivity contribution in [3.05, 3.63) is 35.9 Å². The first-order chi connectivity index (χ1) is 7.56. The molecule has 0 radical (unpaired) electrons. The summed E-state index contributed by atoms with van der Waals surface area (Å²) in [5.74, 6) is 0. The molecule has 0 aliphatic rings. The van der Waals surface area contributed by atoms with E-state index in [1.807, 2.05) is 49.0 Å². The van der Waals surface area contributed by atoms with Gasteiger partial charge in [-0.15, -0.1) is 0 Å². The van der Waals surface area contributed by atoms with Crippen LogP contribution in [-0.2, 0) is 5.60 Å². The summed E-state index contributed by atoms with van der Waals surface area (Å²) in [6.07, 6.45) is 2.10. The molecule has 16 heavy (non-hydrogen) atoms. The average molecular weight is 239 g/mol. The predicted molar refractivity (Wildman–Crippen MR) is 71.9 cm³/mol. The Bertz CT molecular complexity index is 300. The standard InChI is InChI=1S/C13H21NOS/c1-11(16-3)9-14-10-13(2,15)12-7-5-4-6-8-12/h4-8,11,14-15H,9-10H2,1-3H3. The fourth-order valence-electron chi connectivity index (χ4n) is 1.50. The second-order valence-corrected chi connectivity index (χ2v) is 5.59. The van der Waals surface area contributed by atoms with Gasteiger partial charge in [0.15, 0.2) is 0 Å². The maximum atomic E-state index is 10.3. The zero-order valence-electron chi connectivity index (χ0n) is 10.2. The van der Waals surface area contributed by atoms with E-state index in [2.05, 4.69) is 18.5 Å². The second-order valence-electron chi connectivity index (χ2n) is 4.32. The molecule has 0 aliphatic carbocycles. The average Bonchev–Trinajstić information content (AvgIpc) is 2.30. The SMILES string of the molecule is CSC(C)CNCC(C)(O)c1ccccc1. The molecule has 2 N–H and O–H groups in total. The topological polar surface area (TPSA) is 32.3 Å². The minimum absolute atomic E-state index is 0.576. The fraction of sp³-hybridized carbons (Fsp3) is 0.538. The van der Waals surface area contributed by atoms with E-state index in [1.54, 1.807) is 0 Å². The van der Waals surface area contributed by atoms with Gasteiger partial charge in [-0.1, -0.05) is 37.3 Å². The van der Waals surface area contributed by atoms with Crippen LogP contribution in [0.2, 0.25) is 0 Å². The van der Waals surface area contributed by atoms with Crippen LogP contribution in [-0.4, -0.2) is 29.7 Å². The fourth-order valence-corrected chi connectivity index (χ4v) is 1.79. The van der Waals surface area contributed by atoms with Crippen LogP contribution in [0.5, 0.6) is 0 Å². The third-order valence-corrected chi connectivity index (χ3v) is 3.67. The Morgan fingerprint density at radius 3 is 2.56 bits per heavy atom. The van der Waals surface area contributed by atoms with E-state index >= 15 is 0 Å². The van der Waals surface area contributed by atoms with Gasteiger partial charge in [-0.3, -0.25) is 0 Å². The van der Waals surface area contributed by atoms with Crippen LogP contribution in [0.15, 0.2) is 30.3 Å². The number of rotatable bonds is 6. The van der Waals surface area contributed by atoms with Gasteiger partial charge in [-0.2, -0.15) is 11.8 Å². The molecule has 1 aromatic carbocycles. The molecule has 0 aromatic heterocycles. The summed E-state index contributed by atoms with van der Waals surface area (Å²) in [4.78, 5) is 0. The molecule has 0 bridgehead atoms. The zero-order chi connectivity index (χ0) is 12.0. The summed E-state index contributed by atoms with van der Waals surface area (Å²) >= 11 is 1.83. The first-order valence-corrected chi connectivity index (χ1v) is 6.86. The number of thioether (sulfide) groups is 1. The Morgan fingerprint density at radius 1 is 1.38 bits per heavy atom. The number of benzene rings is 1. The monoisotopic (exact) mass is 239 g/mol. The predicted octanol–water partition coefficient (Wildman–Crippen LogP) is 2.24. The molecule has 2 nitrogen and oxygen atoms in total. The minimum atomic E-state index is -0.792. The van der Waals surface area contributed by atoms with Crippen molar-refractivity contribution in [2.24, 2.45) is 0 Å². The van der Waals surface area contributed by atoms with E-state index in [0.717, 1.165) is 12.1 Å². The maximum Gasteiger partial charge on any atom is 0.0992 e. The molecule has 90 valence electrons. The van der Waals surface area contributed by atoms with Gasteiger partial charge >= 0.3 is 0 Å². The smallest absolute Gasteiger partial charge is 0.0992 e. The molecule has 0 amide bonds. The van der Waals surface area contributed by atoms with E-state index < -0.39 is 5.60 Å². The van der Waals surface area contributed by atoms with Crippen molar-refractivity contribution >= 4 is 11.8 Å². The summed E-state index contributed by atoms with van der Waals surface area (Å²) in [5, 5.41) is 14.2. The third-order valence-electron chi connectivity index (χ3n) is 2.70. The molecular formula is C13H21NOS. The summed E-state index contributed by atoms with van der Waals surface area (Å²) < 4.78 is 0. The molecule has 2 unspecified atom stereocenters. The lowest BCUT2D eigenvalue weighted by Gasteiger charge is -2.25. The second kappa shape index (κ2) is 6.28. The van der Waals surface area contributed by atoms with Crippen molar-refractivity contribution < 1.29 is 5.11 Å². The van der Waals surface area contributed by atoms with Crippen LogP contribution in [0.3, 0.4) is 0 Å². The zero-order valence-corrected chi connectivity index (χ0v) is 11.1. The highest BCUT2D eigenvalue weighted by Gasteiger charge is 2.22. The Morgan fingerprint density at radius 2 is 2.00 bits per heavy atom. The van der Waals surface area contributed by atoms with Gasteiger partial charge in [-0.05, 0) is 18.7 Å². The molecule has 0 saturated carbocycles. The van der Waals surface area contributed by atoms with Crippen molar-refractivity contribution in [3.63, 3.8) is 0 Å². The number of aliphatic hydroxyl groups is 1. The molecule has 2 atom stereocenters. The van der Waals surface area contributed by atoms with Gasteiger partial charge in [-0.25, -0.2) is 0 Å². The van der Waals surface area contributed by atoms with E-state index in [0.29, 0.717) is 11.8 Å². The van der Waals surface area contributed by atoms with Crippen molar-refractivity contribution in [1.29, 1.82) is 0 Å². The van der Waals surface area contributed by atoms with Gasteiger partial charge in [0.1, 0.15) is 0 Å². The third kappa shape index (κ3) is 4.16. The van der Waals surface area contributed by atoms with Gasteiger partial charge in [0.25, 0.3) is 0 Å². The molecule has 1 rings (SSSR count). The summed E-state index contributed by atoms with van der Waals surface area (Å²) in [7, 11) is 0. The molecule has 0 aliphatic heterocycles. The van der Waals surface area contributed by atoms with Gasteiger partial charge in [0, 0.05) is 18.3 Å². The Balaban J connectivity index is 2.46. The van der Waals surface area contributed by atoms with E-state index in [9.17, 15) is 5.11 Å². The van der Waals surface area contributed by atoms with E-state index in [-0.39, 0.29) is 0 Å². The van der Waals surface area contributed by atoms with Crippen LogP contribution in [0.1, 0.15) is 19.4 Å². The number of nitrogens with one attached hydrogen (secondary N) is 1. The van der Waals surface area contributed by atoms with Crippen molar-refractivity contribution in [3.8, 4) is 0 Å². The highest BCUT2D eigenvalue weighted by molar-refractivity contribution is 7.99. The van der Waals surface area contributed by atoms with Crippen LogP contribution >= 0.6 is 11.8 Å². The van der Waals surface area contributed by atoms with Crippen molar-refractivity contribution in [2.45, 2.75) is 24.7 Å². The Kier molecular flexibility index (Phi) is 5.32. The lowest BCUT2D eigenvalue weighted by atomic mass is 9.96. The highest BCUT2D eigenvalue weighted by Crippen LogP contribution is 2.19. The maximum absolute atomic E-state index is 10.3. The molecule has 0 heterocycles.